The average molecular weight is 252 g/mol. The van der Waals surface area contributed by atoms with E-state index in [1.165, 1.54) is 14.0 Å². The first-order valence-corrected chi connectivity index (χ1v) is 5.25. The zero-order valence-electron chi connectivity index (χ0n) is 8.10. The number of ether oxygens (including phenoxy) is 1. The van der Waals surface area contributed by atoms with Crippen molar-refractivity contribution in [2.75, 3.05) is 12.4 Å². The summed E-state index contributed by atoms with van der Waals surface area (Å²) >= 11 is 6.64. The molecule has 1 heterocycles. The van der Waals surface area contributed by atoms with E-state index < -0.39 is 18.1 Å². The molecular formula is C7H10ClN3O3S. The molecule has 0 unspecified atom stereocenters. The SMILES string of the molecule is COC(=O)[C@H](Nc1nnc(Cl)s1)[C@@H](C)O. The zero-order valence-corrected chi connectivity index (χ0v) is 9.67. The third-order valence-electron chi connectivity index (χ3n) is 1.62. The summed E-state index contributed by atoms with van der Waals surface area (Å²) in [5.74, 6) is -0.573. The zero-order chi connectivity index (χ0) is 11.4. The lowest BCUT2D eigenvalue weighted by molar-refractivity contribution is -0.143. The number of rotatable bonds is 4. The number of methoxy groups -OCH3 is 1. The van der Waals surface area contributed by atoms with Gasteiger partial charge in [-0.1, -0.05) is 11.3 Å². The smallest absolute Gasteiger partial charge is 0.331 e. The maximum Gasteiger partial charge on any atom is 0.331 e. The van der Waals surface area contributed by atoms with Gasteiger partial charge in [0.1, 0.15) is 0 Å². The number of esters is 1. The van der Waals surface area contributed by atoms with Gasteiger partial charge in [0.25, 0.3) is 0 Å². The molecule has 2 atom stereocenters. The van der Waals surface area contributed by atoms with Crippen LogP contribution in [0.4, 0.5) is 5.13 Å². The molecule has 0 aliphatic rings. The number of aromatic nitrogens is 2. The number of nitrogens with one attached hydrogen (secondary N) is 1. The fourth-order valence-corrected chi connectivity index (χ4v) is 1.67. The Morgan fingerprint density at radius 3 is 2.73 bits per heavy atom. The number of anilines is 1. The van der Waals surface area contributed by atoms with Crippen LogP contribution in [0, 0.1) is 0 Å². The monoisotopic (exact) mass is 251 g/mol. The van der Waals surface area contributed by atoms with Gasteiger partial charge in [-0.25, -0.2) is 4.79 Å². The number of halogens is 1. The largest absolute Gasteiger partial charge is 0.467 e. The molecule has 2 N–H and O–H groups in total. The maximum atomic E-state index is 11.2. The van der Waals surface area contributed by atoms with Gasteiger partial charge in [0.2, 0.25) is 9.60 Å². The number of nitrogens with zero attached hydrogens (tertiary/aromatic N) is 2. The standard InChI is InChI=1S/C7H10ClN3O3S/c1-3(12)4(5(13)14-2)9-7-11-10-6(8)15-7/h3-4,12H,1-2H3,(H,9,11)/t3-,4-/m1/s1. The lowest BCUT2D eigenvalue weighted by atomic mass is 10.2. The third-order valence-corrected chi connectivity index (χ3v) is 2.57. The van der Waals surface area contributed by atoms with Crippen molar-refractivity contribution < 1.29 is 14.6 Å². The van der Waals surface area contributed by atoms with Gasteiger partial charge in [-0.3, -0.25) is 0 Å². The van der Waals surface area contributed by atoms with E-state index in [2.05, 4.69) is 20.3 Å². The van der Waals surface area contributed by atoms with E-state index in [0.29, 0.717) is 5.13 Å². The van der Waals surface area contributed by atoms with Crippen molar-refractivity contribution in [3.8, 4) is 0 Å². The summed E-state index contributed by atoms with van der Waals surface area (Å²) in [5, 5.41) is 19.6. The van der Waals surface area contributed by atoms with Crippen LogP contribution in [0.2, 0.25) is 4.47 Å². The number of hydrogen-bond donors (Lipinski definition) is 2. The minimum atomic E-state index is -0.903. The molecular weight excluding hydrogens is 242 g/mol. The van der Waals surface area contributed by atoms with Gasteiger partial charge < -0.3 is 15.2 Å². The number of hydrogen-bond acceptors (Lipinski definition) is 7. The van der Waals surface area contributed by atoms with Gasteiger partial charge in [-0.15, -0.1) is 10.2 Å². The minimum absolute atomic E-state index is 0.256. The van der Waals surface area contributed by atoms with Gasteiger partial charge in [0.15, 0.2) is 6.04 Å². The summed E-state index contributed by atoms with van der Waals surface area (Å²) in [6.45, 7) is 1.47. The van der Waals surface area contributed by atoms with Crippen molar-refractivity contribution in [1.82, 2.24) is 10.2 Å². The predicted octanol–water partition coefficient (Wildman–Crippen LogP) is 0.526. The van der Waals surface area contributed by atoms with Crippen molar-refractivity contribution >= 4 is 34.0 Å². The second kappa shape index (κ2) is 5.24. The highest BCUT2D eigenvalue weighted by Gasteiger charge is 2.25. The lowest BCUT2D eigenvalue weighted by Gasteiger charge is -2.17. The minimum Gasteiger partial charge on any atom is -0.467 e. The third kappa shape index (κ3) is 3.29. The molecule has 1 aromatic heterocycles. The fourth-order valence-electron chi connectivity index (χ4n) is 0.900. The van der Waals surface area contributed by atoms with E-state index in [0.717, 1.165) is 11.3 Å². The molecule has 0 aliphatic heterocycles. The molecule has 0 bridgehead atoms. The highest BCUT2D eigenvalue weighted by atomic mass is 35.5. The van der Waals surface area contributed by atoms with Crippen LogP contribution in [0.15, 0.2) is 0 Å². The number of aliphatic hydroxyl groups is 1. The van der Waals surface area contributed by atoms with Gasteiger partial charge in [0.05, 0.1) is 13.2 Å². The lowest BCUT2D eigenvalue weighted by Crippen LogP contribution is -2.39. The molecule has 15 heavy (non-hydrogen) atoms. The van der Waals surface area contributed by atoms with Crippen molar-refractivity contribution in [1.29, 1.82) is 0 Å². The molecule has 1 rings (SSSR count). The second-order valence-corrected chi connectivity index (χ2v) is 4.31. The van der Waals surface area contributed by atoms with E-state index >= 15 is 0 Å². The van der Waals surface area contributed by atoms with E-state index in [4.69, 9.17) is 11.6 Å². The van der Waals surface area contributed by atoms with E-state index in [-0.39, 0.29) is 4.47 Å². The maximum absolute atomic E-state index is 11.2. The number of aliphatic hydroxyl groups excluding tert-OH is 1. The molecule has 84 valence electrons. The summed E-state index contributed by atoms with van der Waals surface area (Å²) < 4.78 is 4.77. The van der Waals surface area contributed by atoms with Gasteiger partial charge in [-0.2, -0.15) is 0 Å². The second-order valence-electron chi connectivity index (χ2n) is 2.75. The van der Waals surface area contributed by atoms with Gasteiger partial charge in [0, 0.05) is 0 Å². The molecule has 0 radical (unpaired) electrons. The molecule has 8 heteroatoms. The van der Waals surface area contributed by atoms with Crippen molar-refractivity contribution in [2.45, 2.75) is 19.1 Å². The summed E-state index contributed by atoms with van der Waals surface area (Å²) in [6, 6.07) is -0.876. The first-order chi connectivity index (χ1) is 7.04. The molecule has 0 saturated heterocycles. The molecule has 0 saturated carbocycles. The molecule has 0 aromatic carbocycles. The van der Waals surface area contributed by atoms with Gasteiger partial charge in [-0.05, 0) is 18.5 Å². The van der Waals surface area contributed by atoms with Crippen LogP contribution < -0.4 is 5.32 Å². The van der Waals surface area contributed by atoms with Crippen molar-refractivity contribution in [3.63, 3.8) is 0 Å². The summed E-state index contributed by atoms with van der Waals surface area (Å²) in [6.07, 6.45) is -0.903. The summed E-state index contributed by atoms with van der Waals surface area (Å²) in [5.41, 5.74) is 0. The van der Waals surface area contributed by atoms with Crippen LogP contribution in [0.1, 0.15) is 6.92 Å². The Labute approximate surface area is 95.2 Å². The average Bonchev–Trinajstić information content (AvgIpc) is 2.59. The Bertz CT molecular complexity index is 344. The molecule has 0 fully saturated rings. The molecule has 6 nitrogen and oxygen atoms in total. The first kappa shape index (κ1) is 12.2. The fraction of sp³-hybridized carbons (Fsp3) is 0.571. The molecule has 0 aliphatic carbocycles. The van der Waals surface area contributed by atoms with Crippen LogP contribution in [0.3, 0.4) is 0 Å². The van der Waals surface area contributed by atoms with Crippen molar-refractivity contribution in [3.05, 3.63) is 4.47 Å². The Hall–Kier alpha value is -0.920. The highest BCUT2D eigenvalue weighted by molar-refractivity contribution is 7.19. The normalized spacial score (nSPS) is 14.4. The van der Waals surface area contributed by atoms with E-state index in [9.17, 15) is 9.90 Å². The molecule has 1 aromatic rings. The van der Waals surface area contributed by atoms with E-state index in [1.54, 1.807) is 0 Å². The quantitative estimate of drug-likeness (QED) is 0.760. The van der Waals surface area contributed by atoms with Crippen LogP contribution in [-0.2, 0) is 9.53 Å². The summed E-state index contributed by atoms with van der Waals surface area (Å²) in [7, 11) is 1.24. The Morgan fingerprint density at radius 1 is 1.67 bits per heavy atom. The highest BCUT2D eigenvalue weighted by Crippen LogP contribution is 2.20. The summed E-state index contributed by atoms with van der Waals surface area (Å²) in [4.78, 5) is 11.2. The topological polar surface area (TPSA) is 84.3 Å². The van der Waals surface area contributed by atoms with Gasteiger partial charge >= 0.3 is 5.97 Å². The Morgan fingerprint density at radius 2 is 2.33 bits per heavy atom. The first-order valence-electron chi connectivity index (χ1n) is 4.06. The molecule has 0 amide bonds. The van der Waals surface area contributed by atoms with Crippen LogP contribution >= 0.6 is 22.9 Å². The Kier molecular flexibility index (Phi) is 4.25. The molecule has 0 spiro atoms. The number of carbonyl (C=O) groups excluding carboxylic acids is 1. The number of carbonyl (C=O) groups is 1. The van der Waals surface area contributed by atoms with Crippen LogP contribution in [-0.4, -0.2) is 40.5 Å². The van der Waals surface area contributed by atoms with Crippen LogP contribution in [0.5, 0.6) is 0 Å². The Balaban J connectivity index is 2.71. The van der Waals surface area contributed by atoms with Crippen LogP contribution in [0.25, 0.3) is 0 Å². The van der Waals surface area contributed by atoms with E-state index in [1.807, 2.05) is 0 Å². The van der Waals surface area contributed by atoms with Crippen molar-refractivity contribution in [2.24, 2.45) is 0 Å². The predicted molar refractivity (Wildman–Crippen MR) is 56.0 cm³/mol.